The van der Waals surface area contributed by atoms with Crippen molar-refractivity contribution in [2.75, 3.05) is 59.2 Å². The Kier molecular flexibility index (Phi) is 9.85. The van der Waals surface area contributed by atoms with Crippen molar-refractivity contribution in [3.05, 3.63) is 25.3 Å². The number of esters is 1. The monoisotopic (exact) mass is 547 g/mol. The van der Waals surface area contributed by atoms with Crippen LogP contribution in [0.5, 0.6) is 0 Å². The zero-order valence-corrected chi connectivity index (χ0v) is 23.5. The van der Waals surface area contributed by atoms with Gasteiger partial charge in [-0.15, -0.1) is 13.2 Å². The van der Waals surface area contributed by atoms with Gasteiger partial charge in [0.15, 0.2) is 0 Å². The lowest BCUT2D eigenvalue weighted by atomic mass is 9.70. The summed E-state index contributed by atoms with van der Waals surface area (Å²) in [7, 11) is 0. The molecule has 4 saturated heterocycles. The Bertz CT molecular complexity index is 921. The number of hydrogen-bond acceptors (Lipinski definition) is 8. The first-order valence-corrected chi connectivity index (χ1v) is 14.4. The topological polar surface area (TPSA) is 109 Å². The highest BCUT2D eigenvalue weighted by Gasteiger charge is 2.75. The van der Waals surface area contributed by atoms with Crippen molar-refractivity contribution < 1.29 is 33.7 Å². The lowest BCUT2D eigenvalue weighted by Crippen LogP contribution is -2.59. The fraction of sp³-hybridized carbons (Fsp3) is 0.759. The van der Waals surface area contributed by atoms with Crippen LogP contribution >= 0.6 is 0 Å². The van der Waals surface area contributed by atoms with Crippen LogP contribution in [0.1, 0.15) is 39.5 Å². The molecule has 0 aromatic rings. The van der Waals surface area contributed by atoms with Crippen LogP contribution in [0.3, 0.4) is 0 Å². The second-order valence-corrected chi connectivity index (χ2v) is 11.5. The number of amides is 2. The molecule has 218 valence electrons. The second-order valence-electron chi connectivity index (χ2n) is 11.5. The summed E-state index contributed by atoms with van der Waals surface area (Å²) in [5, 5.41) is 10.4. The standard InChI is InChI=1S/C29H45N3O7/c1-5-7-15-38-28(36)23-22-8-9-29(39-22)24(23)26(34)32(21(19-33)18-20(3)4)25(29)27(35)31(10-6-2)12-11-30-13-16-37-17-14-30/h5-6,20-25,33H,1-2,7-19H2,3-4H3/t21-,22+,23-,24+,25?,29?/m1/s1. The lowest BCUT2D eigenvalue weighted by molar-refractivity contribution is -0.156. The average Bonchev–Trinajstić information content (AvgIpc) is 3.57. The third-order valence-electron chi connectivity index (χ3n) is 8.61. The van der Waals surface area contributed by atoms with E-state index in [2.05, 4.69) is 18.1 Å². The Morgan fingerprint density at radius 3 is 2.64 bits per heavy atom. The minimum absolute atomic E-state index is 0.186. The molecule has 2 unspecified atom stereocenters. The van der Waals surface area contributed by atoms with Gasteiger partial charge in [0.1, 0.15) is 11.6 Å². The first-order valence-electron chi connectivity index (χ1n) is 14.4. The fourth-order valence-electron chi connectivity index (χ4n) is 6.90. The molecule has 4 rings (SSSR count). The number of nitrogens with zero attached hydrogens (tertiary/aromatic N) is 3. The van der Waals surface area contributed by atoms with Gasteiger partial charge in [0.2, 0.25) is 11.8 Å². The number of carbonyl (C=O) groups excluding carboxylic acids is 3. The van der Waals surface area contributed by atoms with Crippen LogP contribution in [0.2, 0.25) is 0 Å². The molecule has 4 heterocycles. The number of aliphatic hydroxyl groups is 1. The lowest BCUT2D eigenvalue weighted by Gasteiger charge is -2.40. The summed E-state index contributed by atoms with van der Waals surface area (Å²) in [4.78, 5) is 47.4. The van der Waals surface area contributed by atoms with Crippen molar-refractivity contribution in [1.82, 2.24) is 14.7 Å². The van der Waals surface area contributed by atoms with Crippen LogP contribution in [-0.4, -0.2) is 121 Å². The van der Waals surface area contributed by atoms with Gasteiger partial charge < -0.3 is 29.1 Å². The zero-order valence-electron chi connectivity index (χ0n) is 23.5. The maximum Gasteiger partial charge on any atom is 0.312 e. The molecule has 4 aliphatic rings. The van der Waals surface area contributed by atoms with E-state index in [0.29, 0.717) is 58.5 Å². The van der Waals surface area contributed by atoms with Gasteiger partial charge in [-0.3, -0.25) is 19.3 Å². The summed E-state index contributed by atoms with van der Waals surface area (Å²) >= 11 is 0. The minimum Gasteiger partial charge on any atom is -0.465 e. The van der Waals surface area contributed by atoms with Crippen molar-refractivity contribution in [1.29, 1.82) is 0 Å². The van der Waals surface area contributed by atoms with Gasteiger partial charge in [-0.05, 0) is 31.6 Å². The minimum atomic E-state index is -1.12. The van der Waals surface area contributed by atoms with Crippen molar-refractivity contribution in [2.45, 2.75) is 63.3 Å². The summed E-state index contributed by atoms with van der Waals surface area (Å²) in [5.41, 5.74) is -1.12. The number of rotatable bonds is 14. The molecule has 2 bridgehead atoms. The zero-order chi connectivity index (χ0) is 28.2. The maximum atomic E-state index is 14.4. The van der Waals surface area contributed by atoms with Crippen LogP contribution in [0.4, 0.5) is 0 Å². The molecule has 0 radical (unpaired) electrons. The highest BCUT2D eigenvalue weighted by molar-refractivity contribution is 5.98. The Morgan fingerprint density at radius 2 is 2.00 bits per heavy atom. The van der Waals surface area contributed by atoms with E-state index < -0.39 is 41.6 Å². The molecule has 0 saturated carbocycles. The van der Waals surface area contributed by atoms with E-state index in [0.717, 1.165) is 13.1 Å². The van der Waals surface area contributed by atoms with E-state index in [4.69, 9.17) is 14.2 Å². The molecule has 39 heavy (non-hydrogen) atoms. The normalized spacial score (nSPS) is 30.9. The van der Waals surface area contributed by atoms with Crippen molar-refractivity contribution in [3.8, 4) is 0 Å². The summed E-state index contributed by atoms with van der Waals surface area (Å²) in [6.07, 6.45) is 5.02. The van der Waals surface area contributed by atoms with Crippen LogP contribution in [0, 0.1) is 17.8 Å². The molecular weight excluding hydrogens is 502 g/mol. The molecule has 4 fully saturated rings. The van der Waals surface area contributed by atoms with Gasteiger partial charge in [0, 0.05) is 32.7 Å². The Hall–Kier alpha value is -2.27. The van der Waals surface area contributed by atoms with Gasteiger partial charge in [-0.25, -0.2) is 0 Å². The first kappa shape index (κ1) is 29.7. The van der Waals surface area contributed by atoms with Gasteiger partial charge in [-0.2, -0.15) is 0 Å². The number of likely N-dealkylation sites (tertiary alicyclic amines) is 1. The molecule has 0 aliphatic carbocycles. The van der Waals surface area contributed by atoms with Gasteiger partial charge in [-0.1, -0.05) is 26.0 Å². The molecule has 6 atom stereocenters. The average molecular weight is 548 g/mol. The molecule has 1 N–H and O–H groups in total. The van der Waals surface area contributed by atoms with Crippen molar-refractivity contribution in [3.63, 3.8) is 0 Å². The molecule has 10 nitrogen and oxygen atoms in total. The number of morpholine rings is 1. The summed E-state index contributed by atoms with van der Waals surface area (Å²) in [6.45, 7) is 15.9. The van der Waals surface area contributed by atoms with Crippen LogP contribution in [0.25, 0.3) is 0 Å². The molecule has 0 aromatic heterocycles. The molecule has 2 amide bonds. The second kappa shape index (κ2) is 12.9. The fourth-order valence-corrected chi connectivity index (χ4v) is 6.90. The predicted octanol–water partition coefficient (Wildman–Crippen LogP) is 1.23. The van der Waals surface area contributed by atoms with Crippen LogP contribution in [-0.2, 0) is 28.6 Å². The predicted molar refractivity (Wildman–Crippen MR) is 145 cm³/mol. The quantitative estimate of drug-likeness (QED) is 0.197. The van der Waals surface area contributed by atoms with E-state index in [1.54, 1.807) is 22.0 Å². The summed E-state index contributed by atoms with van der Waals surface area (Å²) in [5.74, 6) is -2.38. The molecule has 4 aliphatic heterocycles. The Morgan fingerprint density at radius 1 is 1.26 bits per heavy atom. The van der Waals surface area contributed by atoms with E-state index in [1.165, 1.54) is 0 Å². The third-order valence-corrected chi connectivity index (χ3v) is 8.61. The smallest absolute Gasteiger partial charge is 0.312 e. The molecular formula is C29H45N3O7. The van der Waals surface area contributed by atoms with E-state index in [1.807, 2.05) is 13.8 Å². The van der Waals surface area contributed by atoms with Crippen molar-refractivity contribution in [2.24, 2.45) is 17.8 Å². The maximum absolute atomic E-state index is 14.4. The van der Waals surface area contributed by atoms with Gasteiger partial charge in [0.05, 0.1) is 50.4 Å². The molecule has 1 spiro atoms. The van der Waals surface area contributed by atoms with Gasteiger partial charge in [0.25, 0.3) is 0 Å². The summed E-state index contributed by atoms with van der Waals surface area (Å²) < 4.78 is 17.5. The van der Waals surface area contributed by atoms with E-state index in [-0.39, 0.29) is 30.9 Å². The van der Waals surface area contributed by atoms with Gasteiger partial charge >= 0.3 is 5.97 Å². The highest BCUT2D eigenvalue weighted by Crippen LogP contribution is 2.59. The van der Waals surface area contributed by atoms with E-state index >= 15 is 0 Å². The van der Waals surface area contributed by atoms with E-state index in [9.17, 15) is 19.5 Å². The van der Waals surface area contributed by atoms with Crippen molar-refractivity contribution >= 4 is 17.8 Å². The van der Waals surface area contributed by atoms with Crippen LogP contribution in [0.15, 0.2) is 25.3 Å². The SMILES string of the molecule is C=CCCOC(=O)[C@@H]1[C@@H]2CCC3(O2)C(C(=O)N(CC=C)CCN2CCOCC2)N([C@@H](CO)CC(C)C)C(=O)[C@H]13. The van der Waals surface area contributed by atoms with Crippen LogP contribution < -0.4 is 0 Å². The first-order chi connectivity index (χ1) is 18.8. The number of carbonyl (C=O) groups is 3. The molecule has 10 heteroatoms. The highest BCUT2D eigenvalue weighted by atomic mass is 16.6. The largest absolute Gasteiger partial charge is 0.465 e. The number of aliphatic hydroxyl groups excluding tert-OH is 1. The Labute approximate surface area is 231 Å². The number of hydrogen-bond donors (Lipinski definition) is 1. The third kappa shape index (κ3) is 5.80. The number of fused-ring (bicyclic) bond motifs is 1. The number of ether oxygens (including phenoxy) is 3. The summed E-state index contributed by atoms with van der Waals surface area (Å²) in [6, 6.07) is -1.48. The molecule has 0 aromatic carbocycles. The Balaban J connectivity index is 1.66.